The van der Waals surface area contributed by atoms with Gasteiger partial charge in [0.25, 0.3) is 0 Å². The van der Waals surface area contributed by atoms with Gasteiger partial charge in [0.2, 0.25) is 17.7 Å². The molecule has 2 aliphatic heterocycles. The molecule has 1 saturated heterocycles. The molecule has 0 radical (unpaired) electrons. The van der Waals surface area contributed by atoms with Crippen LogP contribution >= 0.6 is 0 Å². The van der Waals surface area contributed by atoms with Gasteiger partial charge in [0.15, 0.2) is 5.78 Å². The summed E-state index contributed by atoms with van der Waals surface area (Å²) in [4.78, 5) is 55.9. The van der Waals surface area contributed by atoms with Crippen LogP contribution in [0, 0.1) is 0 Å². The van der Waals surface area contributed by atoms with Gasteiger partial charge in [-0.15, -0.1) is 0 Å². The first-order valence-electron chi connectivity index (χ1n) is 15.3. The molecule has 0 bridgehead atoms. The average molecular weight is 579 g/mol. The second-order valence-electron chi connectivity index (χ2n) is 11.9. The highest BCUT2D eigenvalue weighted by Gasteiger charge is 2.44. The summed E-state index contributed by atoms with van der Waals surface area (Å²) in [6.45, 7) is 1.47. The zero-order valence-corrected chi connectivity index (χ0v) is 24.4. The number of carbonyl (C=O) groups is 4. The minimum absolute atomic E-state index is 0.00749. The fraction of sp³-hybridized carbons (Fsp3) is 0.371. The van der Waals surface area contributed by atoms with Crippen LogP contribution in [-0.4, -0.2) is 53.1 Å². The SMILES string of the molecule is O=C(CCC(=O)N1Cc2ccccc2CC1C(=O)NC1(C(=O)Nc2ccc3c(c2)CCC3)CCNCC1)c1ccccc1. The second kappa shape index (κ2) is 12.5. The molecule has 3 aromatic carbocycles. The molecule has 2 heterocycles. The maximum absolute atomic E-state index is 14.1. The van der Waals surface area contributed by atoms with E-state index in [1.807, 2.05) is 42.5 Å². The minimum atomic E-state index is -1.10. The van der Waals surface area contributed by atoms with Crippen LogP contribution in [0.2, 0.25) is 0 Å². The third kappa shape index (κ3) is 6.25. The van der Waals surface area contributed by atoms with Crippen LogP contribution in [0.1, 0.15) is 64.7 Å². The second-order valence-corrected chi connectivity index (χ2v) is 11.9. The summed E-state index contributed by atoms with van der Waals surface area (Å²) >= 11 is 0. The van der Waals surface area contributed by atoms with E-state index in [1.165, 1.54) is 11.1 Å². The number of rotatable bonds is 8. The number of nitrogens with one attached hydrogen (secondary N) is 3. The van der Waals surface area contributed by atoms with Gasteiger partial charge < -0.3 is 20.9 Å². The Balaban J connectivity index is 1.20. The molecule has 8 nitrogen and oxygen atoms in total. The predicted molar refractivity (Wildman–Crippen MR) is 165 cm³/mol. The van der Waals surface area contributed by atoms with Crippen LogP contribution in [0.5, 0.6) is 0 Å². The van der Waals surface area contributed by atoms with Gasteiger partial charge in [-0.2, -0.15) is 0 Å². The molecule has 1 unspecified atom stereocenters. The zero-order valence-electron chi connectivity index (χ0n) is 24.4. The Labute approximate surface area is 252 Å². The fourth-order valence-electron chi connectivity index (χ4n) is 6.63. The van der Waals surface area contributed by atoms with Crippen molar-refractivity contribution in [1.29, 1.82) is 0 Å². The summed E-state index contributed by atoms with van der Waals surface area (Å²) in [7, 11) is 0. The van der Waals surface area contributed by atoms with Crippen LogP contribution in [0.4, 0.5) is 5.69 Å². The molecule has 3 aliphatic rings. The Kier molecular flexibility index (Phi) is 8.38. The summed E-state index contributed by atoms with van der Waals surface area (Å²) in [6.07, 6.45) is 4.50. The molecule has 222 valence electrons. The molecule has 0 spiro atoms. The summed E-state index contributed by atoms with van der Waals surface area (Å²) in [5.74, 6) is -0.934. The van der Waals surface area contributed by atoms with E-state index in [2.05, 4.69) is 22.0 Å². The maximum atomic E-state index is 14.1. The van der Waals surface area contributed by atoms with Crippen LogP contribution in [0.3, 0.4) is 0 Å². The topological polar surface area (TPSA) is 108 Å². The largest absolute Gasteiger partial charge is 0.340 e. The van der Waals surface area contributed by atoms with Crippen LogP contribution in [0.25, 0.3) is 0 Å². The molecule has 3 amide bonds. The molecular formula is C35H38N4O4. The molecule has 3 N–H and O–H groups in total. The van der Waals surface area contributed by atoms with Gasteiger partial charge in [-0.1, -0.05) is 60.7 Å². The first-order valence-corrected chi connectivity index (χ1v) is 15.3. The van der Waals surface area contributed by atoms with Gasteiger partial charge >= 0.3 is 0 Å². The number of carbonyl (C=O) groups excluding carboxylic acids is 4. The zero-order chi connectivity index (χ0) is 29.8. The molecule has 0 saturated carbocycles. The number of aryl methyl sites for hydroxylation is 2. The number of Topliss-reactive ketones (excluding diaryl/α,β-unsaturated/α-hetero) is 1. The standard InChI is InChI=1S/C35H38N4O4/c40-31(25-7-2-1-3-8-25)15-16-32(41)39-23-28-10-5-4-9-27(28)22-30(39)33(42)38-35(17-19-36-20-18-35)34(43)37-29-14-13-24-11-6-12-26(24)21-29/h1-5,7-10,13-14,21,30,36H,6,11-12,15-20,22-23H2,(H,37,43)(H,38,42). The normalized spacial score (nSPS) is 18.7. The average Bonchev–Trinajstić information content (AvgIpc) is 3.51. The third-order valence-corrected chi connectivity index (χ3v) is 9.14. The van der Waals surface area contributed by atoms with Crippen molar-refractivity contribution in [3.8, 4) is 0 Å². The van der Waals surface area contributed by atoms with Crippen LogP contribution < -0.4 is 16.0 Å². The van der Waals surface area contributed by atoms with E-state index in [0.717, 1.165) is 36.1 Å². The lowest BCUT2D eigenvalue weighted by Crippen LogP contribution is -2.65. The maximum Gasteiger partial charge on any atom is 0.250 e. The fourth-order valence-corrected chi connectivity index (χ4v) is 6.63. The van der Waals surface area contributed by atoms with Gasteiger partial charge in [0, 0.05) is 37.1 Å². The molecule has 0 aromatic heterocycles. The first kappa shape index (κ1) is 28.8. The molecule has 8 heteroatoms. The number of piperidine rings is 1. The minimum Gasteiger partial charge on any atom is -0.340 e. The summed E-state index contributed by atoms with van der Waals surface area (Å²) in [6, 6.07) is 22.0. The number of hydrogen-bond donors (Lipinski definition) is 3. The number of amides is 3. The smallest absolute Gasteiger partial charge is 0.250 e. The molecule has 6 rings (SSSR count). The van der Waals surface area contributed by atoms with Crippen molar-refractivity contribution < 1.29 is 19.2 Å². The number of benzene rings is 3. The third-order valence-electron chi connectivity index (χ3n) is 9.14. The van der Waals surface area contributed by atoms with Gasteiger partial charge in [-0.3, -0.25) is 19.2 Å². The van der Waals surface area contributed by atoms with E-state index in [-0.39, 0.29) is 42.9 Å². The van der Waals surface area contributed by atoms with Crippen LogP contribution in [-0.2, 0) is 40.2 Å². The summed E-state index contributed by atoms with van der Waals surface area (Å²) < 4.78 is 0. The molecule has 43 heavy (non-hydrogen) atoms. The number of hydrogen-bond acceptors (Lipinski definition) is 5. The Morgan fingerprint density at radius 1 is 0.814 bits per heavy atom. The highest BCUT2D eigenvalue weighted by atomic mass is 16.2. The van der Waals surface area contributed by atoms with Crippen molar-refractivity contribution >= 4 is 29.2 Å². The molecule has 3 aromatic rings. The Bertz CT molecular complexity index is 1530. The molecular weight excluding hydrogens is 540 g/mol. The number of nitrogens with zero attached hydrogens (tertiary/aromatic N) is 1. The van der Waals surface area contributed by atoms with Crippen molar-refractivity contribution in [2.24, 2.45) is 0 Å². The van der Waals surface area contributed by atoms with E-state index < -0.39 is 11.6 Å². The monoisotopic (exact) mass is 578 g/mol. The summed E-state index contributed by atoms with van der Waals surface area (Å²) in [5, 5.41) is 9.52. The van der Waals surface area contributed by atoms with Crippen molar-refractivity contribution in [2.45, 2.75) is 69.5 Å². The number of fused-ring (bicyclic) bond motifs is 2. The van der Waals surface area contributed by atoms with E-state index in [1.54, 1.807) is 29.2 Å². The van der Waals surface area contributed by atoms with Crippen molar-refractivity contribution in [3.63, 3.8) is 0 Å². The van der Waals surface area contributed by atoms with E-state index >= 15 is 0 Å². The van der Waals surface area contributed by atoms with Crippen molar-refractivity contribution in [2.75, 3.05) is 18.4 Å². The van der Waals surface area contributed by atoms with Gasteiger partial charge in [0.1, 0.15) is 11.6 Å². The number of ketones is 1. The van der Waals surface area contributed by atoms with Crippen LogP contribution in [0.15, 0.2) is 72.8 Å². The Morgan fingerprint density at radius 2 is 1.53 bits per heavy atom. The number of anilines is 1. The summed E-state index contributed by atoms with van der Waals surface area (Å²) in [5.41, 5.74) is 4.79. The Hall–Kier alpha value is -4.30. The molecule has 1 aliphatic carbocycles. The molecule has 1 atom stereocenters. The lowest BCUT2D eigenvalue weighted by Gasteiger charge is -2.41. The van der Waals surface area contributed by atoms with Crippen molar-refractivity contribution in [1.82, 2.24) is 15.5 Å². The van der Waals surface area contributed by atoms with Crippen molar-refractivity contribution in [3.05, 3.63) is 101 Å². The lowest BCUT2D eigenvalue weighted by molar-refractivity contribution is -0.143. The quantitative estimate of drug-likeness (QED) is 0.351. The van der Waals surface area contributed by atoms with Gasteiger partial charge in [-0.25, -0.2) is 0 Å². The first-order chi connectivity index (χ1) is 20.9. The van der Waals surface area contributed by atoms with Gasteiger partial charge in [-0.05, 0) is 79.6 Å². The Morgan fingerprint density at radius 3 is 2.33 bits per heavy atom. The van der Waals surface area contributed by atoms with E-state index in [4.69, 9.17) is 0 Å². The lowest BCUT2D eigenvalue weighted by atomic mass is 9.85. The highest BCUT2D eigenvalue weighted by molar-refractivity contribution is 6.02. The van der Waals surface area contributed by atoms with E-state index in [9.17, 15) is 19.2 Å². The van der Waals surface area contributed by atoms with Gasteiger partial charge in [0.05, 0.1) is 0 Å². The predicted octanol–water partition coefficient (Wildman–Crippen LogP) is 3.97. The highest BCUT2D eigenvalue weighted by Crippen LogP contribution is 2.29. The molecule has 1 fully saturated rings. The van der Waals surface area contributed by atoms with E-state index in [0.29, 0.717) is 37.9 Å².